The Labute approximate surface area is 208 Å². The van der Waals surface area contributed by atoms with Crippen LogP contribution in [0.3, 0.4) is 0 Å². The van der Waals surface area contributed by atoms with Crippen molar-refractivity contribution in [2.45, 2.75) is 57.4 Å². The zero-order valence-electron chi connectivity index (χ0n) is 19.5. The molecule has 4 rings (SSSR count). The maximum absolute atomic E-state index is 14.9. The fourth-order valence-corrected chi connectivity index (χ4v) is 3.55. The van der Waals surface area contributed by atoms with Gasteiger partial charge in [0.05, 0.1) is 24.6 Å². The standard InChI is InChI=1S/C20H20F7N7O4/c1-8(2)29-18(35)38-12-7-36-15(14(12)21)11-3-13(33-32-11)31-17-28-4-10(19(22,23)24)16-30-9(5-34(16)17)6-37-20(25,26)27/h3-5,8,12,14-15H,6-7H2,1-2H3,(H,29,35)(H2,28,31,32,33)/t12-,14+,15-/m0/s1. The Balaban J connectivity index is 1.53. The molecule has 11 nitrogen and oxygen atoms in total. The number of rotatable bonds is 7. The Bertz CT molecular complexity index is 1290. The summed E-state index contributed by atoms with van der Waals surface area (Å²) in [5.74, 6) is -0.319. The summed E-state index contributed by atoms with van der Waals surface area (Å²) in [6.07, 6.45) is -13.6. The van der Waals surface area contributed by atoms with E-state index in [-0.39, 0.29) is 30.1 Å². The SMILES string of the molecule is CC(C)NC(=O)O[C@H]1CO[C@@H](c2cc(Nc3ncc(C(F)(F)F)c4nc(COC(F)(F)F)cn34)n[nH]2)[C@@H]1F. The summed E-state index contributed by atoms with van der Waals surface area (Å²) in [5, 5.41) is 11.5. The average Bonchev–Trinajstić information content (AvgIpc) is 3.50. The fraction of sp³-hybridized carbons (Fsp3) is 0.500. The molecule has 0 aliphatic carbocycles. The molecule has 3 atom stereocenters. The van der Waals surface area contributed by atoms with Gasteiger partial charge in [0.25, 0.3) is 0 Å². The number of carbonyl (C=O) groups excluding carboxylic acids is 1. The van der Waals surface area contributed by atoms with Crippen LogP contribution < -0.4 is 10.6 Å². The number of carbonyl (C=O) groups is 1. The number of H-pyrrole nitrogens is 1. The Morgan fingerprint density at radius 2 is 2.03 bits per heavy atom. The number of aromatic amines is 1. The smallest absolute Gasteiger partial charge is 0.441 e. The van der Waals surface area contributed by atoms with Gasteiger partial charge in [-0.15, -0.1) is 13.2 Å². The molecule has 18 heteroatoms. The highest BCUT2D eigenvalue weighted by Gasteiger charge is 2.42. The number of aromatic nitrogens is 5. The Morgan fingerprint density at radius 1 is 1.29 bits per heavy atom. The number of nitrogens with zero attached hydrogens (tertiary/aromatic N) is 4. The van der Waals surface area contributed by atoms with E-state index in [1.807, 2.05) is 0 Å². The van der Waals surface area contributed by atoms with Crippen molar-refractivity contribution in [3.8, 4) is 0 Å². The number of ether oxygens (including phenoxy) is 3. The van der Waals surface area contributed by atoms with Crippen LogP contribution in [0, 0.1) is 0 Å². The van der Waals surface area contributed by atoms with E-state index in [9.17, 15) is 35.5 Å². The van der Waals surface area contributed by atoms with E-state index in [1.165, 1.54) is 6.07 Å². The van der Waals surface area contributed by atoms with Gasteiger partial charge in [0.2, 0.25) is 5.95 Å². The molecule has 3 aromatic rings. The maximum atomic E-state index is 14.9. The van der Waals surface area contributed by atoms with Crippen LogP contribution in [0.4, 0.5) is 47.3 Å². The molecular formula is C20H20F7N7O4. The van der Waals surface area contributed by atoms with Crippen LogP contribution in [0.5, 0.6) is 0 Å². The van der Waals surface area contributed by atoms with Gasteiger partial charge in [-0.3, -0.25) is 14.2 Å². The van der Waals surface area contributed by atoms with Gasteiger partial charge in [0, 0.05) is 24.5 Å². The molecule has 0 saturated carbocycles. The van der Waals surface area contributed by atoms with Crippen molar-refractivity contribution in [3.63, 3.8) is 0 Å². The van der Waals surface area contributed by atoms with Crippen molar-refractivity contribution in [3.05, 3.63) is 35.4 Å². The van der Waals surface area contributed by atoms with Crippen LogP contribution in [-0.4, -0.2) is 61.9 Å². The molecule has 1 aliphatic rings. The second kappa shape index (κ2) is 10.2. The quantitative estimate of drug-likeness (QED) is 0.371. The van der Waals surface area contributed by atoms with Gasteiger partial charge in [-0.1, -0.05) is 0 Å². The van der Waals surface area contributed by atoms with E-state index >= 15 is 0 Å². The molecular weight excluding hydrogens is 535 g/mol. The van der Waals surface area contributed by atoms with Crippen molar-refractivity contribution in [2.75, 3.05) is 11.9 Å². The second-order valence-corrected chi connectivity index (χ2v) is 8.43. The molecule has 0 spiro atoms. The van der Waals surface area contributed by atoms with E-state index in [0.717, 1.165) is 10.6 Å². The predicted octanol–water partition coefficient (Wildman–Crippen LogP) is 4.16. The second-order valence-electron chi connectivity index (χ2n) is 8.43. The van der Waals surface area contributed by atoms with E-state index in [0.29, 0.717) is 6.20 Å². The number of nitrogens with one attached hydrogen (secondary N) is 3. The number of alkyl halides is 7. The highest BCUT2D eigenvalue weighted by molar-refractivity contribution is 5.67. The van der Waals surface area contributed by atoms with E-state index in [4.69, 9.17) is 9.47 Å². The van der Waals surface area contributed by atoms with E-state index in [1.54, 1.807) is 13.8 Å². The Hall–Kier alpha value is -3.67. The lowest BCUT2D eigenvalue weighted by molar-refractivity contribution is -0.330. The number of hydrogen-bond acceptors (Lipinski definition) is 8. The van der Waals surface area contributed by atoms with Gasteiger partial charge < -0.3 is 20.1 Å². The van der Waals surface area contributed by atoms with Crippen LogP contribution in [0.1, 0.15) is 36.9 Å². The summed E-state index contributed by atoms with van der Waals surface area (Å²) in [4.78, 5) is 19.0. The average molecular weight is 555 g/mol. The summed E-state index contributed by atoms with van der Waals surface area (Å²) >= 11 is 0. The highest BCUT2D eigenvalue weighted by atomic mass is 19.4. The van der Waals surface area contributed by atoms with Gasteiger partial charge in [0.1, 0.15) is 11.7 Å². The zero-order valence-corrected chi connectivity index (χ0v) is 19.5. The van der Waals surface area contributed by atoms with Crippen LogP contribution in [0.25, 0.3) is 5.65 Å². The minimum atomic E-state index is -5.02. The van der Waals surface area contributed by atoms with Crippen molar-refractivity contribution in [1.29, 1.82) is 0 Å². The molecule has 0 radical (unpaired) electrons. The lowest BCUT2D eigenvalue weighted by Gasteiger charge is -2.16. The van der Waals surface area contributed by atoms with E-state index < -0.39 is 60.5 Å². The molecule has 1 fully saturated rings. The number of alkyl carbamates (subject to hydrolysis) is 1. The summed E-state index contributed by atoms with van der Waals surface area (Å²) in [6, 6.07) is 1.05. The molecule has 0 unspecified atom stereocenters. The number of hydrogen-bond donors (Lipinski definition) is 3. The molecule has 1 amide bonds. The summed E-state index contributed by atoms with van der Waals surface area (Å²) in [5.41, 5.74) is -2.35. The largest absolute Gasteiger partial charge is 0.522 e. The Morgan fingerprint density at radius 3 is 2.68 bits per heavy atom. The van der Waals surface area contributed by atoms with Gasteiger partial charge in [-0.25, -0.2) is 19.2 Å². The molecule has 0 aromatic carbocycles. The lowest BCUT2D eigenvalue weighted by Crippen LogP contribution is -2.36. The van der Waals surface area contributed by atoms with Crippen molar-refractivity contribution < 1.29 is 49.7 Å². The number of anilines is 2. The van der Waals surface area contributed by atoms with Gasteiger partial charge in [-0.05, 0) is 13.8 Å². The number of fused-ring (bicyclic) bond motifs is 1. The van der Waals surface area contributed by atoms with E-state index in [2.05, 4.69) is 35.5 Å². The first kappa shape index (κ1) is 27.4. The summed E-state index contributed by atoms with van der Waals surface area (Å²) in [7, 11) is 0. The van der Waals surface area contributed by atoms with Crippen LogP contribution in [0.15, 0.2) is 18.5 Å². The molecule has 38 heavy (non-hydrogen) atoms. The third-order valence-corrected chi connectivity index (χ3v) is 5.12. The summed E-state index contributed by atoms with van der Waals surface area (Å²) in [6.45, 7) is 2.02. The lowest BCUT2D eigenvalue weighted by atomic mass is 10.1. The first-order valence-electron chi connectivity index (χ1n) is 10.9. The molecule has 208 valence electrons. The van der Waals surface area contributed by atoms with Gasteiger partial charge in [-0.2, -0.15) is 18.3 Å². The fourth-order valence-electron chi connectivity index (χ4n) is 3.55. The normalized spacial score (nSPS) is 20.3. The molecule has 0 bridgehead atoms. The number of halogens is 7. The first-order chi connectivity index (χ1) is 17.7. The topological polar surface area (TPSA) is 128 Å². The maximum Gasteiger partial charge on any atom is 0.522 e. The zero-order chi connectivity index (χ0) is 27.8. The van der Waals surface area contributed by atoms with Crippen molar-refractivity contribution in [2.24, 2.45) is 0 Å². The van der Waals surface area contributed by atoms with Crippen LogP contribution >= 0.6 is 0 Å². The molecule has 3 N–H and O–H groups in total. The molecule has 3 aromatic heterocycles. The van der Waals surface area contributed by atoms with Crippen molar-refractivity contribution >= 4 is 23.5 Å². The van der Waals surface area contributed by atoms with Gasteiger partial charge in [0.15, 0.2) is 23.7 Å². The highest BCUT2D eigenvalue weighted by Crippen LogP contribution is 2.35. The third kappa shape index (κ3) is 6.24. The number of imidazole rings is 1. The molecule has 1 saturated heterocycles. The third-order valence-electron chi connectivity index (χ3n) is 5.12. The monoisotopic (exact) mass is 555 g/mol. The van der Waals surface area contributed by atoms with Crippen LogP contribution in [0.2, 0.25) is 0 Å². The first-order valence-corrected chi connectivity index (χ1v) is 10.9. The predicted molar refractivity (Wildman–Crippen MR) is 113 cm³/mol. The minimum absolute atomic E-state index is 0.0342. The minimum Gasteiger partial charge on any atom is -0.441 e. The summed E-state index contributed by atoms with van der Waals surface area (Å²) < 4.78 is 107. The van der Waals surface area contributed by atoms with Crippen molar-refractivity contribution in [1.82, 2.24) is 29.9 Å². The van der Waals surface area contributed by atoms with Crippen LogP contribution in [-0.2, 0) is 27.0 Å². The molecule has 1 aliphatic heterocycles. The van der Waals surface area contributed by atoms with Gasteiger partial charge >= 0.3 is 18.6 Å². The molecule has 4 heterocycles. The number of amides is 1. The Kier molecular flexibility index (Phi) is 7.37.